The predicted octanol–water partition coefficient (Wildman–Crippen LogP) is 3.14. The molecule has 9 nitrogen and oxygen atoms in total. The molecule has 36 heavy (non-hydrogen) atoms. The Morgan fingerprint density at radius 3 is 2.25 bits per heavy atom. The van der Waals surface area contributed by atoms with Gasteiger partial charge in [0.2, 0.25) is 0 Å². The molecule has 0 spiro atoms. The number of benzene rings is 2. The number of aliphatic hydroxyl groups is 1. The fraction of sp³-hybridized carbons (Fsp3) is 0.167. The molecule has 12 heteroatoms. The number of hydrogen-bond donors (Lipinski definition) is 2. The third-order valence-corrected chi connectivity index (χ3v) is 7.01. The summed E-state index contributed by atoms with van der Waals surface area (Å²) in [6, 6.07) is 9.82. The zero-order valence-electron chi connectivity index (χ0n) is 19.5. The molecule has 0 aliphatic rings. The molecule has 0 bridgehead atoms. The van der Waals surface area contributed by atoms with Gasteiger partial charge in [0.1, 0.15) is 22.8 Å². The summed E-state index contributed by atoms with van der Waals surface area (Å²) >= 11 is 1.09. The van der Waals surface area contributed by atoms with Crippen molar-refractivity contribution < 1.29 is 27.5 Å². The van der Waals surface area contributed by atoms with Crippen molar-refractivity contribution in [3.8, 4) is 0 Å². The molecule has 0 aliphatic carbocycles. The van der Waals surface area contributed by atoms with E-state index in [9.17, 15) is 27.5 Å². The fourth-order valence-electron chi connectivity index (χ4n) is 3.02. The Morgan fingerprint density at radius 1 is 1.11 bits per heavy atom. The summed E-state index contributed by atoms with van der Waals surface area (Å²) in [4.78, 5) is 30.7. The normalized spacial score (nSPS) is 13.3. The Hall–Kier alpha value is -3.61. The number of amidine groups is 1. The third-order valence-electron chi connectivity index (χ3n) is 4.93. The summed E-state index contributed by atoms with van der Waals surface area (Å²) in [5.74, 6) is -2.74. The molecule has 2 aromatic carbocycles. The number of ketones is 2. The van der Waals surface area contributed by atoms with Gasteiger partial charge in [-0.3, -0.25) is 14.2 Å². The van der Waals surface area contributed by atoms with Crippen LogP contribution in [-0.4, -0.2) is 52.3 Å². The van der Waals surface area contributed by atoms with Crippen LogP contribution in [-0.2, 0) is 10.0 Å². The molecule has 0 fully saturated rings. The molecule has 0 atom stereocenters. The highest BCUT2D eigenvalue weighted by molar-refractivity contribution is 8.07. The molecule has 0 aliphatic heterocycles. The molecule has 0 saturated carbocycles. The Balaban J connectivity index is 2.18. The molecular formula is C24H23FN4O5S2. The standard InChI is InChI=1S/C24H23FN4O5S2/c1-24(2,32)23(26)28-36(33,34)18-9-5-7-16(13-18)21(31)19(22(35-3)29-11-10-27-14-29)20(30)15-6-4-8-17(25)12-15/h4-14,32H,1-3H3,(H2,26,28). The lowest BCUT2D eigenvalue weighted by molar-refractivity contribution is 0.0963. The first kappa shape index (κ1) is 27.0. The van der Waals surface area contributed by atoms with E-state index in [0.29, 0.717) is 0 Å². The number of hydrogen-bond acceptors (Lipinski definition) is 7. The van der Waals surface area contributed by atoms with Crippen molar-refractivity contribution in [2.75, 3.05) is 6.26 Å². The highest BCUT2D eigenvalue weighted by Gasteiger charge is 2.28. The van der Waals surface area contributed by atoms with Crippen LogP contribution in [0.5, 0.6) is 0 Å². The summed E-state index contributed by atoms with van der Waals surface area (Å²) in [5, 5.41) is 10.1. The number of aromatic nitrogens is 2. The zero-order chi connectivity index (χ0) is 26.7. The first-order valence-electron chi connectivity index (χ1n) is 10.4. The van der Waals surface area contributed by atoms with Crippen molar-refractivity contribution in [3.05, 3.63) is 89.8 Å². The lowest BCUT2D eigenvalue weighted by Gasteiger charge is -2.16. The summed E-state index contributed by atoms with van der Waals surface area (Å²) in [6.45, 7) is 2.55. The van der Waals surface area contributed by atoms with E-state index in [1.165, 1.54) is 73.5 Å². The summed E-state index contributed by atoms with van der Waals surface area (Å²) < 4.78 is 44.3. The van der Waals surface area contributed by atoms with E-state index in [4.69, 9.17) is 5.73 Å². The number of nitrogens with two attached hydrogens (primary N) is 1. The van der Waals surface area contributed by atoms with Crippen molar-refractivity contribution in [3.63, 3.8) is 0 Å². The number of sulfonamides is 1. The van der Waals surface area contributed by atoms with Gasteiger partial charge in [-0.15, -0.1) is 16.2 Å². The van der Waals surface area contributed by atoms with Crippen LogP contribution in [0.4, 0.5) is 4.39 Å². The minimum Gasteiger partial charge on any atom is -0.384 e. The number of carbonyl (C=O) groups excluding carboxylic acids is 2. The second-order valence-electron chi connectivity index (χ2n) is 8.06. The first-order chi connectivity index (χ1) is 16.8. The average Bonchev–Trinajstić information content (AvgIpc) is 3.35. The number of halogens is 1. The van der Waals surface area contributed by atoms with Crippen molar-refractivity contribution in [2.24, 2.45) is 10.1 Å². The van der Waals surface area contributed by atoms with E-state index in [1.54, 1.807) is 6.26 Å². The number of imidazole rings is 1. The van der Waals surface area contributed by atoms with Crippen LogP contribution in [0.3, 0.4) is 0 Å². The number of nitrogens with zero attached hydrogens (tertiary/aromatic N) is 3. The molecule has 3 aromatic rings. The van der Waals surface area contributed by atoms with Crippen LogP contribution in [0.2, 0.25) is 0 Å². The molecule has 188 valence electrons. The van der Waals surface area contributed by atoms with Crippen LogP contribution in [0.1, 0.15) is 34.6 Å². The van der Waals surface area contributed by atoms with Gasteiger partial charge in [0.05, 0.1) is 16.3 Å². The minimum atomic E-state index is -4.39. The SMILES string of the molecule is CSC(=C(C(=O)c1cccc(F)c1)C(=O)c1cccc(S(=O)(=O)N=C(N)C(C)(C)O)c1)n1ccnc1. The summed E-state index contributed by atoms with van der Waals surface area (Å²) in [6.07, 6.45) is 6.04. The smallest absolute Gasteiger partial charge is 0.284 e. The van der Waals surface area contributed by atoms with Crippen molar-refractivity contribution in [1.29, 1.82) is 0 Å². The van der Waals surface area contributed by atoms with Gasteiger partial charge >= 0.3 is 0 Å². The van der Waals surface area contributed by atoms with Crippen LogP contribution in [0, 0.1) is 5.82 Å². The molecule has 0 saturated heterocycles. The molecule has 0 radical (unpaired) electrons. The number of allylic oxidation sites excluding steroid dienone is 1. The number of carbonyl (C=O) groups is 2. The second-order valence-corrected chi connectivity index (χ2v) is 10.5. The van der Waals surface area contributed by atoms with Gasteiger partial charge in [-0.05, 0) is 44.4 Å². The average molecular weight is 531 g/mol. The van der Waals surface area contributed by atoms with Gasteiger partial charge in [-0.2, -0.15) is 8.42 Å². The van der Waals surface area contributed by atoms with Gasteiger partial charge < -0.3 is 10.8 Å². The second kappa shape index (κ2) is 10.6. The minimum absolute atomic E-state index is 0.0589. The molecule has 3 N–H and O–H groups in total. The van der Waals surface area contributed by atoms with E-state index in [1.807, 2.05) is 0 Å². The van der Waals surface area contributed by atoms with Crippen LogP contribution in [0.15, 0.2) is 82.1 Å². The lowest BCUT2D eigenvalue weighted by atomic mass is 9.96. The van der Waals surface area contributed by atoms with Crippen LogP contribution >= 0.6 is 11.8 Å². The third kappa shape index (κ3) is 5.96. The molecule has 1 aromatic heterocycles. The maximum absolute atomic E-state index is 13.9. The number of Topliss-reactive ketones (excluding diaryl/α,β-unsaturated/α-hetero) is 2. The molecule has 3 rings (SSSR count). The van der Waals surface area contributed by atoms with Gasteiger partial charge in [0.25, 0.3) is 10.0 Å². The maximum Gasteiger partial charge on any atom is 0.284 e. The molecular weight excluding hydrogens is 507 g/mol. The number of rotatable bonds is 9. The zero-order valence-corrected chi connectivity index (χ0v) is 21.2. The first-order valence-corrected chi connectivity index (χ1v) is 13.1. The molecule has 0 unspecified atom stereocenters. The van der Waals surface area contributed by atoms with E-state index >= 15 is 0 Å². The fourth-order valence-corrected chi connectivity index (χ4v) is 4.85. The van der Waals surface area contributed by atoms with Crippen molar-refractivity contribution in [1.82, 2.24) is 9.55 Å². The van der Waals surface area contributed by atoms with Gasteiger partial charge in [0, 0.05) is 23.5 Å². The van der Waals surface area contributed by atoms with E-state index in [0.717, 1.165) is 23.9 Å². The van der Waals surface area contributed by atoms with Gasteiger partial charge in [-0.25, -0.2) is 9.37 Å². The molecule has 0 amide bonds. The predicted molar refractivity (Wildman–Crippen MR) is 136 cm³/mol. The summed E-state index contributed by atoms with van der Waals surface area (Å²) in [7, 11) is -4.39. The Morgan fingerprint density at radius 2 is 1.72 bits per heavy atom. The summed E-state index contributed by atoms with van der Waals surface area (Å²) in [5.41, 5.74) is 3.43. The monoisotopic (exact) mass is 530 g/mol. The lowest BCUT2D eigenvalue weighted by Crippen LogP contribution is -2.38. The topological polar surface area (TPSA) is 145 Å². The quantitative estimate of drug-likeness (QED) is 0.107. The Bertz CT molecular complexity index is 1470. The van der Waals surface area contributed by atoms with E-state index in [2.05, 4.69) is 9.38 Å². The highest BCUT2D eigenvalue weighted by atomic mass is 32.2. The maximum atomic E-state index is 13.9. The van der Waals surface area contributed by atoms with Crippen molar-refractivity contribution >= 4 is 44.2 Å². The van der Waals surface area contributed by atoms with Crippen LogP contribution in [0.25, 0.3) is 5.03 Å². The van der Waals surface area contributed by atoms with E-state index in [-0.39, 0.29) is 26.6 Å². The Labute approximate surface area is 211 Å². The van der Waals surface area contributed by atoms with Crippen molar-refractivity contribution in [2.45, 2.75) is 24.3 Å². The molecule has 1 heterocycles. The largest absolute Gasteiger partial charge is 0.384 e. The highest BCUT2D eigenvalue weighted by Crippen LogP contribution is 2.29. The van der Waals surface area contributed by atoms with Gasteiger partial charge in [0.15, 0.2) is 11.6 Å². The Kier molecular flexibility index (Phi) is 7.92. The van der Waals surface area contributed by atoms with Crippen LogP contribution < -0.4 is 5.73 Å². The van der Waals surface area contributed by atoms with Gasteiger partial charge in [-0.1, -0.05) is 24.3 Å². The van der Waals surface area contributed by atoms with E-state index < -0.39 is 38.8 Å². The number of thioether (sulfide) groups is 1.